The van der Waals surface area contributed by atoms with Crippen molar-refractivity contribution in [2.24, 2.45) is 0 Å². The molecule has 11 aromatic carbocycles. The summed E-state index contributed by atoms with van der Waals surface area (Å²) in [6, 6.07) is 85.3. The summed E-state index contributed by atoms with van der Waals surface area (Å²) in [6.45, 7) is 28.8. The summed E-state index contributed by atoms with van der Waals surface area (Å²) < 4.78 is 84.7. The summed E-state index contributed by atoms with van der Waals surface area (Å²) in [4.78, 5) is 12.6. The van der Waals surface area contributed by atoms with Crippen LogP contribution in [0.25, 0.3) is 0 Å². The molecule has 3 heterocycles. The van der Waals surface area contributed by atoms with E-state index in [1.54, 1.807) is 53.1 Å². The Morgan fingerprint density at radius 3 is 0.966 bits per heavy atom. The Labute approximate surface area is 705 Å². The average molecular weight is 1620 g/mol. The molecule has 0 unspecified atom stereocenters. The highest BCUT2D eigenvalue weighted by Gasteiger charge is 2.11. The highest BCUT2D eigenvalue weighted by molar-refractivity contribution is 6.30. The molecule has 616 valence electrons. The van der Waals surface area contributed by atoms with Gasteiger partial charge in [-0.2, -0.15) is 0 Å². The molecule has 0 radical (unpaired) electrons. The zero-order valence-electron chi connectivity index (χ0n) is 70.9. The van der Waals surface area contributed by atoms with Gasteiger partial charge in [-0.3, -0.25) is 0 Å². The zero-order chi connectivity index (χ0) is 85.6. The number of aryl methyl sites for hydroxylation is 11. The van der Waals surface area contributed by atoms with E-state index in [9.17, 15) is 4.39 Å². The number of halogens is 2. The van der Waals surface area contributed by atoms with Crippen molar-refractivity contribution in [2.75, 3.05) is 35.0 Å². The maximum Gasteiger partial charge on any atom is 0.219 e. The summed E-state index contributed by atoms with van der Waals surface area (Å²) in [7, 11) is 6.60. The number of aromatic nitrogens is 3. The molecule has 0 N–H and O–H groups in total. The first kappa shape index (κ1) is 91.0. The van der Waals surface area contributed by atoms with Gasteiger partial charge in [-0.25, -0.2) is 19.3 Å². The topological polar surface area (TPSA) is 159 Å². The Morgan fingerprint density at radius 2 is 0.588 bits per heavy atom. The minimum atomic E-state index is -0.408. The average Bonchev–Trinajstić information content (AvgIpc) is 0.810. The SMILES string of the molecule is CCOc1cccc(Oc2ccc(C)cc2)c1.COc1cc(Oc2ccc(C)cc2)ccc1C.COc1cc(Oc2ccc(C)cn2)ccc1C.COc1ccc(C)c(Oc2ccc(C)cc2)c1.COc1ccc(C)c(Oc2ccc(C)cn2)c1.Cc1ccc(Oc2cc(F)cc(Cl)c2)cc1.Cc1ccc(Oc2cccc(OC(C)C)c2)nc1. The maximum atomic E-state index is 13.0. The van der Waals surface area contributed by atoms with Crippen LogP contribution < -0.4 is 61.6 Å². The van der Waals surface area contributed by atoms with Gasteiger partial charge in [0.15, 0.2) is 0 Å². The molecule has 0 fully saturated rings. The molecule has 0 amide bonds. The third kappa shape index (κ3) is 32.6. The van der Waals surface area contributed by atoms with Crippen molar-refractivity contribution in [3.63, 3.8) is 0 Å². The molecule has 16 nitrogen and oxygen atoms in total. The van der Waals surface area contributed by atoms with Crippen LogP contribution in [0.2, 0.25) is 5.02 Å². The number of nitrogens with zero attached hydrogens (tertiary/aromatic N) is 3. The van der Waals surface area contributed by atoms with Crippen molar-refractivity contribution in [1.82, 2.24) is 15.0 Å². The molecule has 14 rings (SSSR count). The molecule has 0 bridgehead atoms. The number of methoxy groups -OCH3 is 4. The van der Waals surface area contributed by atoms with Crippen LogP contribution >= 0.6 is 11.6 Å². The standard InChI is InChI=1S/C15H17NO2.3C15H16O2.2C14H15NO2.C13H10ClFO/c1-11(2)17-13-5-4-6-14(9-13)18-15-8-7-12(3)10-16-15;1-11-4-7-13(8-5-11)17-14-9-6-12(2)15(10-14)16-3;1-11-4-7-13(8-5-11)17-15-10-14(16-3)9-6-12(15)2;1-3-16-14-5-4-6-15(11-14)17-13-9-7-12(2)8-10-13;1-10-4-7-14(15-9-10)17-12-6-5-11(2)13(8-12)16-3;1-10-4-7-14(15-9-10)17-13-8-12(16-3)6-5-11(13)2;1-9-2-4-12(5-3-9)16-13-7-10(14)6-11(15)8-13/h4-11H,1-3H3;2*4-10H,1-3H3;4-11H,3H2,1-2H3;2*4-9H,1-3H3;2-8H,1H3. The second-order valence-corrected chi connectivity index (χ2v) is 28.1. The Bertz CT molecular complexity index is 5170. The van der Waals surface area contributed by atoms with Gasteiger partial charge in [0.1, 0.15) is 104 Å². The van der Waals surface area contributed by atoms with Crippen molar-refractivity contribution >= 4 is 11.6 Å². The number of hydrogen-bond donors (Lipinski definition) is 0. The molecular formula is C101H105ClFN3O13. The van der Waals surface area contributed by atoms with Gasteiger partial charge in [0, 0.05) is 84.3 Å². The van der Waals surface area contributed by atoms with E-state index in [1.165, 1.54) is 28.8 Å². The lowest BCUT2D eigenvalue weighted by atomic mass is 10.2. The fourth-order valence-electron chi connectivity index (χ4n) is 10.5. The monoisotopic (exact) mass is 1620 g/mol. The second kappa shape index (κ2) is 47.5. The second-order valence-electron chi connectivity index (χ2n) is 27.7. The Kier molecular flexibility index (Phi) is 36.3. The fraction of sp³-hybridized carbons (Fsp3) is 0.198. The van der Waals surface area contributed by atoms with Crippen LogP contribution in [-0.4, -0.2) is 56.1 Å². The van der Waals surface area contributed by atoms with E-state index in [4.69, 9.17) is 73.2 Å². The first-order valence-electron chi connectivity index (χ1n) is 38.6. The fourth-order valence-corrected chi connectivity index (χ4v) is 10.7. The van der Waals surface area contributed by atoms with Gasteiger partial charge in [-0.15, -0.1) is 0 Å². The third-order valence-corrected chi connectivity index (χ3v) is 17.2. The lowest BCUT2D eigenvalue weighted by Gasteiger charge is -2.11. The van der Waals surface area contributed by atoms with Gasteiger partial charge in [0.2, 0.25) is 17.6 Å². The molecule has 0 spiro atoms. The minimum absolute atomic E-state index is 0.151. The molecule has 0 aliphatic heterocycles. The van der Waals surface area contributed by atoms with E-state index in [0.29, 0.717) is 40.8 Å². The highest BCUT2D eigenvalue weighted by Crippen LogP contribution is 2.35. The molecule has 119 heavy (non-hydrogen) atoms. The van der Waals surface area contributed by atoms with Crippen molar-refractivity contribution in [2.45, 2.75) is 103 Å². The van der Waals surface area contributed by atoms with Crippen molar-refractivity contribution in [3.8, 4) is 115 Å². The van der Waals surface area contributed by atoms with Crippen LogP contribution in [0.5, 0.6) is 115 Å². The van der Waals surface area contributed by atoms with E-state index in [1.807, 2.05) is 331 Å². The molecule has 0 saturated heterocycles. The quantitative estimate of drug-likeness (QED) is 0.0630. The van der Waals surface area contributed by atoms with Gasteiger partial charge in [0.05, 0.1) is 41.2 Å². The summed E-state index contributed by atoms with van der Waals surface area (Å²) >= 11 is 5.72. The predicted octanol–water partition coefficient (Wildman–Crippen LogP) is 27.9. The van der Waals surface area contributed by atoms with Crippen LogP contribution in [0.3, 0.4) is 0 Å². The Morgan fingerprint density at radius 1 is 0.277 bits per heavy atom. The molecule has 18 heteroatoms. The van der Waals surface area contributed by atoms with Gasteiger partial charge < -0.3 is 61.6 Å². The zero-order valence-corrected chi connectivity index (χ0v) is 71.7. The van der Waals surface area contributed by atoms with Gasteiger partial charge in [-0.1, -0.05) is 137 Å². The van der Waals surface area contributed by atoms with E-state index < -0.39 is 5.82 Å². The number of hydrogen-bond acceptors (Lipinski definition) is 16. The molecule has 14 aromatic rings. The van der Waals surface area contributed by atoms with Crippen LogP contribution in [0.4, 0.5) is 4.39 Å². The minimum Gasteiger partial charge on any atom is -0.497 e. The molecular weight excluding hydrogens is 1520 g/mol. The van der Waals surface area contributed by atoms with E-state index >= 15 is 0 Å². The largest absolute Gasteiger partial charge is 0.497 e. The number of benzene rings is 11. The smallest absolute Gasteiger partial charge is 0.219 e. The van der Waals surface area contributed by atoms with E-state index in [-0.39, 0.29) is 6.10 Å². The number of ether oxygens (including phenoxy) is 13. The lowest BCUT2D eigenvalue weighted by Crippen LogP contribution is -2.05. The summed E-state index contributed by atoms with van der Waals surface area (Å²) in [6.07, 6.45) is 5.49. The first-order chi connectivity index (χ1) is 57.3. The van der Waals surface area contributed by atoms with Crippen molar-refractivity contribution in [1.29, 1.82) is 0 Å². The van der Waals surface area contributed by atoms with Gasteiger partial charge >= 0.3 is 0 Å². The number of rotatable bonds is 22. The maximum absolute atomic E-state index is 13.0. The van der Waals surface area contributed by atoms with Crippen molar-refractivity contribution < 1.29 is 66.0 Å². The molecule has 0 aliphatic carbocycles. The molecule has 3 aromatic heterocycles. The summed E-state index contributed by atoms with van der Waals surface area (Å²) in [5.41, 5.74) is 12.5. The molecule has 0 saturated carbocycles. The Hall–Kier alpha value is -13.5. The van der Waals surface area contributed by atoms with Crippen LogP contribution in [0, 0.1) is 82.0 Å². The van der Waals surface area contributed by atoms with E-state index in [2.05, 4.69) is 35.7 Å². The summed E-state index contributed by atoms with van der Waals surface area (Å²) in [5.74, 6) is 14.4. The van der Waals surface area contributed by atoms with Crippen LogP contribution in [0.1, 0.15) is 82.0 Å². The van der Waals surface area contributed by atoms with Crippen LogP contribution in [-0.2, 0) is 0 Å². The normalized spacial score (nSPS) is 10.1. The molecule has 0 aliphatic rings. The lowest BCUT2D eigenvalue weighted by molar-refractivity contribution is 0.241. The molecule has 0 atom stereocenters. The predicted molar refractivity (Wildman–Crippen MR) is 474 cm³/mol. The number of pyridine rings is 3. The Balaban J connectivity index is 0.000000173. The van der Waals surface area contributed by atoms with Gasteiger partial charge in [-0.05, 0) is 245 Å². The van der Waals surface area contributed by atoms with Gasteiger partial charge in [0.25, 0.3) is 0 Å². The van der Waals surface area contributed by atoms with E-state index in [0.717, 1.165) is 131 Å². The first-order valence-corrected chi connectivity index (χ1v) is 39.0. The van der Waals surface area contributed by atoms with Crippen LogP contribution in [0.15, 0.2) is 292 Å². The van der Waals surface area contributed by atoms with Crippen molar-refractivity contribution in [3.05, 3.63) is 364 Å². The summed E-state index contributed by atoms with van der Waals surface area (Å²) in [5, 5.41) is 0.321. The third-order valence-electron chi connectivity index (χ3n) is 17.0. The highest BCUT2D eigenvalue weighted by atomic mass is 35.5.